The summed E-state index contributed by atoms with van der Waals surface area (Å²) in [7, 11) is 3.54. The van der Waals surface area contributed by atoms with Gasteiger partial charge in [0.05, 0.1) is 13.2 Å². The maximum Gasteiger partial charge on any atom is 0.0719 e. The Morgan fingerprint density at radius 1 is 1.11 bits per heavy atom. The summed E-state index contributed by atoms with van der Waals surface area (Å²) >= 11 is 0. The van der Waals surface area contributed by atoms with E-state index in [-0.39, 0.29) is 0 Å². The average Bonchev–Trinajstić information content (AvgIpc) is 3.25. The molecule has 0 saturated heterocycles. The highest BCUT2D eigenvalue weighted by molar-refractivity contribution is 5.44. The summed E-state index contributed by atoms with van der Waals surface area (Å²) in [6.07, 6.45) is 5.57. The van der Waals surface area contributed by atoms with Crippen molar-refractivity contribution in [3.05, 3.63) is 34.9 Å². The summed E-state index contributed by atoms with van der Waals surface area (Å²) < 4.78 is 10.7. The van der Waals surface area contributed by atoms with Gasteiger partial charge in [0.15, 0.2) is 0 Å². The minimum absolute atomic E-state index is 0.498. The van der Waals surface area contributed by atoms with Crippen LogP contribution in [0.2, 0.25) is 0 Å². The van der Waals surface area contributed by atoms with Crippen LogP contribution in [0.3, 0.4) is 0 Å². The molecule has 2 heteroatoms. The van der Waals surface area contributed by atoms with E-state index in [1.54, 1.807) is 19.8 Å². The van der Waals surface area contributed by atoms with E-state index in [1.807, 2.05) is 0 Å². The molecule has 0 heterocycles. The molecule has 2 saturated carbocycles. The third-order valence-electron chi connectivity index (χ3n) is 4.55. The van der Waals surface area contributed by atoms with Crippen molar-refractivity contribution in [3.8, 4) is 0 Å². The van der Waals surface area contributed by atoms with E-state index in [2.05, 4.69) is 18.2 Å². The lowest BCUT2D eigenvalue weighted by Gasteiger charge is -2.21. The van der Waals surface area contributed by atoms with Crippen LogP contribution in [0, 0.1) is 5.92 Å². The van der Waals surface area contributed by atoms with Crippen molar-refractivity contribution in [1.82, 2.24) is 0 Å². The second kappa shape index (κ2) is 4.67. The lowest BCUT2D eigenvalue weighted by atomic mass is 9.85. The molecule has 18 heavy (non-hydrogen) atoms. The minimum atomic E-state index is 0.498. The summed E-state index contributed by atoms with van der Waals surface area (Å²) in [5.74, 6) is 0.936. The van der Waals surface area contributed by atoms with Gasteiger partial charge in [0, 0.05) is 14.2 Å². The Bertz CT molecular complexity index is 431. The van der Waals surface area contributed by atoms with Crippen LogP contribution in [-0.2, 0) is 28.1 Å². The molecule has 2 aliphatic rings. The normalized spacial score (nSPS) is 21.0. The van der Waals surface area contributed by atoms with Crippen LogP contribution in [-0.4, -0.2) is 14.2 Å². The van der Waals surface area contributed by atoms with Crippen LogP contribution >= 0.6 is 0 Å². The van der Waals surface area contributed by atoms with Crippen molar-refractivity contribution < 1.29 is 9.47 Å². The monoisotopic (exact) mass is 246 g/mol. The predicted octanol–water partition coefficient (Wildman–Crippen LogP) is 3.42. The van der Waals surface area contributed by atoms with Crippen LogP contribution in [0.25, 0.3) is 0 Å². The molecule has 2 aliphatic carbocycles. The van der Waals surface area contributed by atoms with Gasteiger partial charge in [-0.25, -0.2) is 0 Å². The van der Waals surface area contributed by atoms with Gasteiger partial charge in [-0.05, 0) is 53.7 Å². The van der Waals surface area contributed by atoms with Gasteiger partial charge in [0.25, 0.3) is 0 Å². The molecule has 0 unspecified atom stereocenters. The molecule has 2 fully saturated rings. The van der Waals surface area contributed by atoms with Crippen molar-refractivity contribution in [1.29, 1.82) is 0 Å². The van der Waals surface area contributed by atoms with Crippen molar-refractivity contribution in [3.63, 3.8) is 0 Å². The van der Waals surface area contributed by atoms with Gasteiger partial charge in [0.2, 0.25) is 0 Å². The first-order valence-electron chi connectivity index (χ1n) is 6.91. The Kier molecular flexibility index (Phi) is 3.16. The molecule has 1 aromatic rings. The Morgan fingerprint density at radius 2 is 1.83 bits per heavy atom. The molecule has 3 rings (SSSR count). The first-order chi connectivity index (χ1) is 8.81. The van der Waals surface area contributed by atoms with E-state index in [4.69, 9.17) is 9.47 Å². The van der Waals surface area contributed by atoms with Gasteiger partial charge in [0.1, 0.15) is 0 Å². The summed E-state index contributed by atoms with van der Waals surface area (Å²) in [5.41, 5.74) is 4.72. The highest BCUT2D eigenvalue weighted by atomic mass is 16.5. The number of methoxy groups -OCH3 is 2. The van der Waals surface area contributed by atoms with Gasteiger partial charge in [-0.15, -0.1) is 0 Å². The van der Waals surface area contributed by atoms with Crippen LogP contribution in [0.1, 0.15) is 42.4 Å². The fourth-order valence-electron chi connectivity index (χ4n) is 3.37. The third-order valence-corrected chi connectivity index (χ3v) is 4.55. The van der Waals surface area contributed by atoms with Gasteiger partial charge in [-0.1, -0.05) is 18.2 Å². The van der Waals surface area contributed by atoms with Crippen LogP contribution < -0.4 is 0 Å². The zero-order chi connectivity index (χ0) is 12.6. The lowest BCUT2D eigenvalue weighted by molar-refractivity contribution is 0.167. The molecule has 0 aromatic heterocycles. The maximum absolute atomic E-state index is 5.42. The third kappa shape index (κ3) is 1.98. The second-order valence-electron chi connectivity index (χ2n) is 5.74. The standard InChI is InChI=1S/C16H22O2/c1-17-10-12-4-3-5-15(14(12)11-18-2)16(8-9-16)13-6-7-13/h3-5,13H,6-11H2,1-2H3. The molecule has 0 aliphatic heterocycles. The van der Waals surface area contributed by atoms with Gasteiger partial charge in [-0.2, -0.15) is 0 Å². The van der Waals surface area contributed by atoms with Gasteiger partial charge >= 0.3 is 0 Å². The Morgan fingerprint density at radius 3 is 2.39 bits per heavy atom. The highest BCUT2D eigenvalue weighted by Crippen LogP contribution is 2.63. The van der Waals surface area contributed by atoms with Crippen LogP contribution in [0.4, 0.5) is 0 Å². The highest BCUT2D eigenvalue weighted by Gasteiger charge is 2.55. The van der Waals surface area contributed by atoms with Gasteiger partial charge in [-0.3, -0.25) is 0 Å². The Balaban J connectivity index is 1.99. The molecular formula is C16H22O2. The largest absolute Gasteiger partial charge is 0.380 e. The molecule has 0 atom stereocenters. The molecule has 1 aromatic carbocycles. The van der Waals surface area contributed by atoms with E-state index < -0.39 is 0 Å². The zero-order valence-electron chi connectivity index (χ0n) is 11.4. The van der Waals surface area contributed by atoms with Crippen molar-refractivity contribution in [2.75, 3.05) is 14.2 Å². The smallest absolute Gasteiger partial charge is 0.0719 e. The Hall–Kier alpha value is -0.860. The quantitative estimate of drug-likeness (QED) is 0.765. The first kappa shape index (κ1) is 12.2. The van der Waals surface area contributed by atoms with E-state index in [9.17, 15) is 0 Å². The minimum Gasteiger partial charge on any atom is -0.380 e. The fraction of sp³-hybridized carbons (Fsp3) is 0.625. The number of hydrogen-bond donors (Lipinski definition) is 0. The van der Waals surface area contributed by atoms with E-state index in [0.29, 0.717) is 18.6 Å². The summed E-state index contributed by atoms with van der Waals surface area (Å²) in [4.78, 5) is 0. The fourth-order valence-corrected chi connectivity index (χ4v) is 3.37. The second-order valence-corrected chi connectivity index (χ2v) is 5.74. The molecule has 0 N–H and O–H groups in total. The van der Waals surface area contributed by atoms with Gasteiger partial charge < -0.3 is 9.47 Å². The molecule has 0 amide bonds. The number of hydrogen-bond acceptors (Lipinski definition) is 2. The first-order valence-corrected chi connectivity index (χ1v) is 6.91. The van der Waals surface area contributed by atoms with Crippen LogP contribution in [0.5, 0.6) is 0 Å². The van der Waals surface area contributed by atoms with E-state index in [1.165, 1.54) is 36.8 Å². The predicted molar refractivity (Wildman–Crippen MR) is 71.5 cm³/mol. The Labute approximate surface area is 109 Å². The lowest BCUT2D eigenvalue weighted by Crippen LogP contribution is -2.14. The molecular weight excluding hydrogens is 224 g/mol. The summed E-state index contributed by atoms with van der Waals surface area (Å²) in [6, 6.07) is 6.68. The summed E-state index contributed by atoms with van der Waals surface area (Å²) in [5, 5.41) is 0. The van der Waals surface area contributed by atoms with Crippen molar-refractivity contribution in [2.24, 2.45) is 5.92 Å². The van der Waals surface area contributed by atoms with E-state index in [0.717, 1.165) is 5.92 Å². The zero-order valence-corrected chi connectivity index (χ0v) is 11.4. The van der Waals surface area contributed by atoms with Crippen molar-refractivity contribution in [2.45, 2.75) is 44.3 Å². The summed E-state index contributed by atoms with van der Waals surface area (Å²) in [6.45, 7) is 1.40. The SMILES string of the molecule is COCc1cccc(C2(C3CC3)CC2)c1COC. The van der Waals surface area contributed by atoms with Crippen LogP contribution in [0.15, 0.2) is 18.2 Å². The maximum atomic E-state index is 5.42. The molecule has 98 valence electrons. The number of rotatable bonds is 6. The molecule has 0 spiro atoms. The molecule has 0 radical (unpaired) electrons. The molecule has 0 bridgehead atoms. The molecule has 2 nitrogen and oxygen atoms in total. The number of benzene rings is 1. The average molecular weight is 246 g/mol. The number of ether oxygens (including phenoxy) is 2. The van der Waals surface area contributed by atoms with E-state index >= 15 is 0 Å². The van der Waals surface area contributed by atoms with Crippen molar-refractivity contribution >= 4 is 0 Å². The topological polar surface area (TPSA) is 18.5 Å².